The molecule has 0 radical (unpaired) electrons. The highest BCUT2D eigenvalue weighted by molar-refractivity contribution is 5.91. The number of aliphatic hydroxyl groups excluding tert-OH is 2. The Kier molecular flexibility index (Phi) is 4.22. The summed E-state index contributed by atoms with van der Waals surface area (Å²) >= 11 is 0. The molecule has 0 bridgehead atoms. The third kappa shape index (κ3) is 2.96. The summed E-state index contributed by atoms with van der Waals surface area (Å²) in [4.78, 5) is 11.6. The minimum absolute atomic E-state index is 0.0593. The minimum Gasteiger partial charge on any atom is -0.454 e. The number of aliphatic hydroxyl groups is 2. The molecular formula is C15H20O4. The number of esters is 1. The van der Waals surface area contributed by atoms with Gasteiger partial charge in [0.05, 0.1) is 18.6 Å². The smallest absolute Gasteiger partial charge is 0.334 e. The Morgan fingerprint density at radius 2 is 2.26 bits per heavy atom. The normalized spacial score (nSPS) is 37.7. The molecule has 0 unspecified atom stereocenters. The average molecular weight is 264 g/mol. The van der Waals surface area contributed by atoms with Crippen LogP contribution >= 0.6 is 0 Å². The molecule has 4 nitrogen and oxygen atoms in total. The summed E-state index contributed by atoms with van der Waals surface area (Å²) in [5.41, 5.74) is 2.23. The van der Waals surface area contributed by atoms with Crippen molar-refractivity contribution >= 4 is 5.97 Å². The van der Waals surface area contributed by atoms with Crippen LogP contribution in [-0.2, 0) is 9.53 Å². The maximum atomic E-state index is 11.6. The van der Waals surface area contributed by atoms with Crippen molar-refractivity contribution in [2.45, 2.75) is 38.4 Å². The molecule has 4 heteroatoms. The third-order valence-electron chi connectivity index (χ3n) is 3.77. The molecule has 0 spiro atoms. The van der Waals surface area contributed by atoms with Gasteiger partial charge in [0.15, 0.2) is 0 Å². The molecule has 0 aromatic carbocycles. The van der Waals surface area contributed by atoms with E-state index in [0.717, 1.165) is 24.0 Å². The van der Waals surface area contributed by atoms with Gasteiger partial charge in [-0.3, -0.25) is 0 Å². The van der Waals surface area contributed by atoms with Gasteiger partial charge in [0, 0.05) is 5.57 Å². The summed E-state index contributed by atoms with van der Waals surface area (Å²) in [6.07, 6.45) is 4.69. The van der Waals surface area contributed by atoms with Crippen molar-refractivity contribution in [3.63, 3.8) is 0 Å². The van der Waals surface area contributed by atoms with Crippen molar-refractivity contribution in [3.05, 3.63) is 35.5 Å². The highest BCUT2D eigenvalue weighted by atomic mass is 16.6. The van der Waals surface area contributed by atoms with Gasteiger partial charge in [-0.1, -0.05) is 18.2 Å². The fourth-order valence-electron chi connectivity index (χ4n) is 2.69. The lowest BCUT2D eigenvalue weighted by Gasteiger charge is -2.23. The lowest BCUT2D eigenvalue weighted by Crippen LogP contribution is -2.29. The second kappa shape index (κ2) is 5.72. The number of carbonyl (C=O) groups is 1. The molecule has 1 aliphatic heterocycles. The van der Waals surface area contributed by atoms with Gasteiger partial charge in [0.1, 0.15) is 6.10 Å². The van der Waals surface area contributed by atoms with Crippen molar-refractivity contribution in [1.29, 1.82) is 0 Å². The first-order valence-electron chi connectivity index (χ1n) is 6.57. The maximum Gasteiger partial charge on any atom is 0.334 e. The van der Waals surface area contributed by atoms with Gasteiger partial charge in [-0.15, -0.1) is 0 Å². The van der Waals surface area contributed by atoms with Crippen LogP contribution < -0.4 is 0 Å². The van der Waals surface area contributed by atoms with E-state index < -0.39 is 24.1 Å². The molecule has 2 rings (SSSR count). The predicted molar refractivity (Wildman–Crippen MR) is 71.3 cm³/mol. The van der Waals surface area contributed by atoms with E-state index in [1.807, 2.05) is 6.92 Å². The lowest BCUT2D eigenvalue weighted by atomic mass is 9.85. The Bertz CT molecular complexity index is 447. The van der Waals surface area contributed by atoms with Crippen molar-refractivity contribution in [2.24, 2.45) is 5.92 Å². The predicted octanol–water partition coefficient (Wildman–Crippen LogP) is 1.49. The highest BCUT2D eigenvalue weighted by Gasteiger charge is 2.41. The number of fused-ring (bicyclic) bond motifs is 1. The van der Waals surface area contributed by atoms with Crippen LogP contribution in [0.2, 0.25) is 0 Å². The van der Waals surface area contributed by atoms with Crippen LogP contribution in [0.5, 0.6) is 0 Å². The largest absolute Gasteiger partial charge is 0.454 e. The lowest BCUT2D eigenvalue weighted by molar-refractivity contribution is -0.137. The number of hydrogen-bond acceptors (Lipinski definition) is 4. The van der Waals surface area contributed by atoms with E-state index >= 15 is 0 Å². The standard InChI is InChI=1S/C15H20O4/c1-9-4-3-5-11(8-16)7-13-14(12(17)6-9)10(2)15(18)19-13/h4,7,12-14,16-17H,2-3,5-6,8H2,1H3/b9-4-,11-7+/t12-,13+,14+/m0/s1. The van der Waals surface area contributed by atoms with Gasteiger partial charge in [0.2, 0.25) is 0 Å². The molecule has 0 aromatic rings. The van der Waals surface area contributed by atoms with Crippen molar-refractivity contribution in [3.8, 4) is 0 Å². The molecule has 1 fully saturated rings. The number of allylic oxidation sites excluding steroid dienone is 1. The van der Waals surface area contributed by atoms with Crippen molar-refractivity contribution in [1.82, 2.24) is 0 Å². The van der Waals surface area contributed by atoms with E-state index in [9.17, 15) is 15.0 Å². The van der Waals surface area contributed by atoms with Crippen LogP contribution in [0.15, 0.2) is 35.5 Å². The van der Waals surface area contributed by atoms with Crippen LogP contribution in [0.3, 0.4) is 0 Å². The Morgan fingerprint density at radius 1 is 1.53 bits per heavy atom. The number of carbonyl (C=O) groups excluding carboxylic acids is 1. The van der Waals surface area contributed by atoms with E-state index in [2.05, 4.69) is 12.7 Å². The molecule has 1 heterocycles. The molecule has 2 N–H and O–H groups in total. The average Bonchev–Trinajstić information content (AvgIpc) is 2.63. The van der Waals surface area contributed by atoms with E-state index in [0.29, 0.717) is 12.0 Å². The Balaban J connectivity index is 2.34. The summed E-state index contributed by atoms with van der Waals surface area (Å²) in [5.74, 6) is -0.876. The second-order valence-electron chi connectivity index (χ2n) is 5.26. The van der Waals surface area contributed by atoms with Gasteiger partial charge in [-0.05, 0) is 37.8 Å². The summed E-state index contributed by atoms with van der Waals surface area (Å²) in [6, 6.07) is 0. The zero-order chi connectivity index (χ0) is 14.0. The van der Waals surface area contributed by atoms with E-state index in [-0.39, 0.29) is 6.61 Å². The molecule has 3 atom stereocenters. The first-order valence-corrected chi connectivity index (χ1v) is 6.57. The Labute approximate surface area is 113 Å². The quantitative estimate of drug-likeness (QED) is 0.428. The van der Waals surface area contributed by atoms with Crippen LogP contribution in [-0.4, -0.2) is 35.0 Å². The first kappa shape index (κ1) is 14.0. The second-order valence-corrected chi connectivity index (χ2v) is 5.26. The zero-order valence-electron chi connectivity index (χ0n) is 11.1. The van der Waals surface area contributed by atoms with Crippen molar-refractivity contribution in [2.75, 3.05) is 6.61 Å². The minimum atomic E-state index is -0.686. The Hall–Kier alpha value is -1.39. The molecular weight excluding hydrogens is 244 g/mol. The first-order chi connectivity index (χ1) is 9.02. The van der Waals surface area contributed by atoms with Crippen molar-refractivity contribution < 1.29 is 19.7 Å². The van der Waals surface area contributed by atoms with Crippen LogP contribution in [0.1, 0.15) is 26.2 Å². The summed E-state index contributed by atoms with van der Waals surface area (Å²) in [6.45, 7) is 5.63. The molecule has 0 amide bonds. The number of rotatable bonds is 1. The van der Waals surface area contributed by atoms with Gasteiger partial charge >= 0.3 is 5.97 Å². The van der Waals surface area contributed by atoms with Crippen LogP contribution in [0.4, 0.5) is 0 Å². The van der Waals surface area contributed by atoms with Gasteiger partial charge < -0.3 is 14.9 Å². The number of hydrogen-bond donors (Lipinski definition) is 2. The monoisotopic (exact) mass is 264 g/mol. The summed E-state index contributed by atoms with van der Waals surface area (Å²) in [5, 5.41) is 19.6. The topological polar surface area (TPSA) is 66.8 Å². The van der Waals surface area contributed by atoms with Gasteiger partial charge in [-0.25, -0.2) is 4.79 Å². The van der Waals surface area contributed by atoms with Gasteiger partial charge in [0.25, 0.3) is 0 Å². The molecule has 2 aliphatic rings. The summed E-state index contributed by atoms with van der Waals surface area (Å²) in [7, 11) is 0. The zero-order valence-corrected chi connectivity index (χ0v) is 11.1. The molecule has 0 saturated carbocycles. The molecule has 0 aromatic heterocycles. The molecule has 19 heavy (non-hydrogen) atoms. The fourth-order valence-corrected chi connectivity index (χ4v) is 2.69. The van der Waals surface area contributed by atoms with Crippen LogP contribution in [0, 0.1) is 5.92 Å². The number of ether oxygens (including phenoxy) is 1. The maximum absolute atomic E-state index is 11.6. The van der Waals surface area contributed by atoms with Crippen LogP contribution in [0.25, 0.3) is 0 Å². The highest BCUT2D eigenvalue weighted by Crippen LogP contribution is 2.34. The Morgan fingerprint density at radius 3 is 2.95 bits per heavy atom. The third-order valence-corrected chi connectivity index (χ3v) is 3.77. The fraction of sp³-hybridized carbons (Fsp3) is 0.533. The SMILES string of the molecule is C=C1C(=O)O[C@@H]2/C=C(/CO)CC/C=C(/C)C[C@H](O)[C@@H]12. The molecule has 1 aliphatic carbocycles. The summed E-state index contributed by atoms with van der Waals surface area (Å²) < 4.78 is 5.24. The van der Waals surface area contributed by atoms with E-state index in [1.54, 1.807) is 6.08 Å². The van der Waals surface area contributed by atoms with E-state index in [4.69, 9.17) is 4.74 Å². The molecule has 104 valence electrons. The van der Waals surface area contributed by atoms with E-state index in [1.165, 1.54) is 0 Å². The van der Waals surface area contributed by atoms with Gasteiger partial charge in [-0.2, -0.15) is 0 Å². The molecule has 1 saturated heterocycles.